The average molecular weight is 681 g/mol. The molecule has 0 aromatic rings. The molecule has 0 saturated heterocycles. The molecule has 0 spiro atoms. The highest BCUT2D eigenvalue weighted by Crippen LogP contribution is 2.17. The van der Waals surface area contributed by atoms with Crippen molar-refractivity contribution in [1.82, 2.24) is 0 Å². The molecule has 286 valence electrons. The van der Waals surface area contributed by atoms with E-state index in [2.05, 4.69) is 20.8 Å². The molecule has 48 heavy (non-hydrogen) atoms. The van der Waals surface area contributed by atoms with Crippen LogP contribution in [0.2, 0.25) is 0 Å². The van der Waals surface area contributed by atoms with Gasteiger partial charge in [-0.2, -0.15) is 0 Å². The molecule has 0 amide bonds. The molecular formula is C43H84O5. The van der Waals surface area contributed by atoms with Gasteiger partial charge in [-0.3, -0.25) is 9.59 Å². The van der Waals surface area contributed by atoms with Crippen LogP contribution < -0.4 is 0 Å². The highest BCUT2D eigenvalue weighted by Gasteiger charge is 2.12. The zero-order chi connectivity index (χ0) is 35.2. The molecule has 0 rings (SSSR count). The van der Waals surface area contributed by atoms with Gasteiger partial charge in [0.1, 0.15) is 19.3 Å². The maximum Gasteiger partial charge on any atom is 0.305 e. The van der Waals surface area contributed by atoms with Crippen molar-refractivity contribution in [3.63, 3.8) is 0 Å². The summed E-state index contributed by atoms with van der Waals surface area (Å²) in [5.74, 6) is 0.355. The second kappa shape index (κ2) is 38.7. The Hall–Kier alpha value is -1.10. The molecule has 0 aliphatic carbocycles. The lowest BCUT2D eigenvalue weighted by Gasteiger charge is -2.12. The Morgan fingerprint density at radius 2 is 0.708 bits per heavy atom. The third kappa shape index (κ3) is 37.7. The molecule has 5 heteroatoms. The van der Waals surface area contributed by atoms with E-state index in [0.717, 1.165) is 31.6 Å². The van der Waals surface area contributed by atoms with Crippen molar-refractivity contribution in [3.05, 3.63) is 0 Å². The maximum atomic E-state index is 12.0. The van der Waals surface area contributed by atoms with E-state index in [1.165, 1.54) is 180 Å². The number of rotatable bonds is 39. The number of hydrogen-bond acceptors (Lipinski definition) is 5. The summed E-state index contributed by atoms with van der Waals surface area (Å²) in [5, 5.41) is 10.0. The fraction of sp³-hybridized carbons (Fsp3) is 0.953. The lowest BCUT2D eigenvalue weighted by Crippen LogP contribution is -2.25. The van der Waals surface area contributed by atoms with Crippen molar-refractivity contribution < 1.29 is 24.2 Å². The fourth-order valence-electron chi connectivity index (χ4n) is 6.48. The topological polar surface area (TPSA) is 72.8 Å². The third-order valence-electron chi connectivity index (χ3n) is 10.1. The zero-order valence-electron chi connectivity index (χ0n) is 32.7. The number of carbonyl (C=O) groups excluding carboxylic acids is 2. The number of carbonyl (C=O) groups is 2. The van der Waals surface area contributed by atoms with E-state index in [9.17, 15) is 14.7 Å². The zero-order valence-corrected chi connectivity index (χ0v) is 32.7. The summed E-state index contributed by atoms with van der Waals surface area (Å²) in [5.41, 5.74) is 0. The maximum absolute atomic E-state index is 12.0. The predicted molar refractivity (Wildman–Crippen MR) is 205 cm³/mol. The normalized spacial score (nSPS) is 12.7. The first-order chi connectivity index (χ1) is 23.5. The van der Waals surface area contributed by atoms with E-state index in [0.29, 0.717) is 12.8 Å². The predicted octanol–water partition coefficient (Wildman–Crippen LogP) is 13.4. The van der Waals surface area contributed by atoms with E-state index >= 15 is 0 Å². The summed E-state index contributed by atoms with van der Waals surface area (Å²) in [4.78, 5) is 24.0. The second-order valence-electron chi connectivity index (χ2n) is 15.1. The Bertz CT molecular complexity index is 666. The minimum Gasteiger partial charge on any atom is -0.463 e. The molecule has 0 saturated carbocycles. The van der Waals surface area contributed by atoms with Crippen LogP contribution in [-0.2, 0) is 19.1 Å². The lowest BCUT2D eigenvalue weighted by molar-refractivity contribution is -0.152. The third-order valence-corrected chi connectivity index (χ3v) is 10.1. The SMILES string of the molecule is CCCCCCCCCCCCCCCCCCC(=O)OC[C@H](O)COC(=O)CCCCCCCCCCCCCCCCC(C)CC. The van der Waals surface area contributed by atoms with Gasteiger partial charge in [-0.15, -0.1) is 0 Å². The summed E-state index contributed by atoms with van der Waals surface area (Å²) < 4.78 is 10.4. The van der Waals surface area contributed by atoms with E-state index in [4.69, 9.17) is 9.47 Å². The molecule has 0 fully saturated rings. The van der Waals surface area contributed by atoms with Crippen molar-refractivity contribution >= 4 is 11.9 Å². The second-order valence-corrected chi connectivity index (χ2v) is 15.1. The van der Waals surface area contributed by atoms with Crippen LogP contribution in [0.1, 0.15) is 239 Å². The van der Waals surface area contributed by atoms with Crippen LogP contribution in [-0.4, -0.2) is 36.4 Å². The Labute approximate surface area is 299 Å². The molecule has 0 bridgehead atoms. The van der Waals surface area contributed by atoms with Gasteiger partial charge in [-0.05, 0) is 18.8 Å². The van der Waals surface area contributed by atoms with E-state index in [1.807, 2.05) is 0 Å². The number of aliphatic hydroxyl groups excluding tert-OH is 1. The molecule has 2 atom stereocenters. The van der Waals surface area contributed by atoms with Gasteiger partial charge in [-0.1, -0.05) is 213 Å². The Morgan fingerprint density at radius 3 is 1.00 bits per heavy atom. The molecular weight excluding hydrogens is 596 g/mol. The molecule has 1 N–H and O–H groups in total. The summed E-state index contributed by atoms with van der Waals surface area (Å²) in [7, 11) is 0. The van der Waals surface area contributed by atoms with Crippen molar-refractivity contribution in [3.8, 4) is 0 Å². The minimum atomic E-state index is -0.955. The molecule has 1 unspecified atom stereocenters. The van der Waals surface area contributed by atoms with E-state index in [-0.39, 0.29) is 25.2 Å². The standard InChI is InChI=1S/C43H84O5/c1-4-6-7-8-9-10-11-12-13-14-18-21-24-27-30-33-36-42(45)47-38-41(44)39-48-43(46)37-34-31-28-25-22-19-16-15-17-20-23-26-29-32-35-40(3)5-2/h40-41,44H,4-39H2,1-3H3/t40?,41-/m0/s1. The van der Waals surface area contributed by atoms with Crippen molar-refractivity contribution in [2.75, 3.05) is 13.2 Å². The fourth-order valence-corrected chi connectivity index (χ4v) is 6.48. The highest BCUT2D eigenvalue weighted by molar-refractivity contribution is 5.69. The van der Waals surface area contributed by atoms with Crippen molar-refractivity contribution in [2.45, 2.75) is 245 Å². The van der Waals surface area contributed by atoms with Crippen LogP contribution in [0.4, 0.5) is 0 Å². The molecule has 0 aliphatic heterocycles. The molecule has 0 aromatic heterocycles. The van der Waals surface area contributed by atoms with Crippen LogP contribution >= 0.6 is 0 Å². The number of ether oxygens (including phenoxy) is 2. The summed E-state index contributed by atoms with van der Waals surface area (Å²) in [6.07, 6.45) is 41.5. The van der Waals surface area contributed by atoms with Gasteiger partial charge < -0.3 is 14.6 Å². The van der Waals surface area contributed by atoms with Gasteiger partial charge in [0.15, 0.2) is 0 Å². The largest absolute Gasteiger partial charge is 0.463 e. The molecule has 0 radical (unpaired) electrons. The first-order valence-electron chi connectivity index (χ1n) is 21.5. The Balaban J connectivity index is 3.37. The van der Waals surface area contributed by atoms with E-state index in [1.54, 1.807) is 0 Å². The lowest BCUT2D eigenvalue weighted by atomic mass is 9.99. The average Bonchev–Trinajstić information content (AvgIpc) is 3.09. The summed E-state index contributed by atoms with van der Waals surface area (Å²) in [6, 6.07) is 0. The van der Waals surface area contributed by atoms with Gasteiger partial charge >= 0.3 is 11.9 Å². The van der Waals surface area contributed by atoms with Crippen LogP contribution in [0.25, 0.3) is 0 Å². The smallest absolute Gasteiger partial charge is 0.305 e. The number of esters is 2. The summed E-state index contributed by atoms with van der Waals surface area (Å²) >= 11 is 0. The van der Waals surface area contributed by atoms with Crippen molar-refractivity contribution in [1.29, 1.82) is 0 Å². The number of aliphatic hydroxyl groups is 1. The summed E-state index contributed by atoms with van der Waals surface area (Å²) in [6.45, 7) is 6.73. The van der Waals surface area contributed by atoms with Crippen LogP contribution in [0, 0.1) is 5.92 Å². The Morgan fingerprint density at radius 1 is 0.438 bits per heavy atom. The first kappa shape index (κ1) is 46.9. The number of unbranched alkanes of at least 4 members (excludes halogenated alkanes) is 28. The van der Waals surface area contributed by atoms with Gasteiger partial charge in [0.05, 0.1) is 0 Å². The van der Waals surface area contributed by atoms with Gasteiger partial charge in [-0.25, -0.2) is 0 Å². The van der Waals surface area contributed by atoms with Crippen molar-refractivity contribution in [2.24, 2.45) is 5.92 Å². The van der Waals surface area contributed by atoms with Crippen LogP contribution in [0.5, 0.6) is 0 Å². The highest BCUT2D eigenvalue weighted by atomic mass is 16.6. The van der Waals surface area contributed by atoms with Gasteiger partial charge in [0.25, 0.3) is 0 Å². The monoisotopic (exact) mass is 681 g/mol. The minimum absolute atomic E-state index is 0.108. The first-order valence-corrected chi connectivity index (χ1v) is 21.5. The van der Waals surface area contributed by atoms with E-state index < -0.39 is 6.10 Å². The quantitative estimate of drug-likeness (QED) is 0.0517. The Kier molecular flexibility index (Phi) is 37.8. The van der Waals surface area contributed by atoms with Gasteiger partial charge in [0, 0.05) is 12.8 Å². The molecule has 5 nitrogen and oxygen atoms in total. The number of hydrogen-bond donors (Lipinski definition) is 1. The molecule has 0 heterocycles. The molecule has 0 aliphatic rings. The van der Waals surface area contributed by atoms with Crippen LogP contribution in [0.3, 0.4) is 0 Å². The van der Waals surface area contributed by atoms with Gasteiger partial charge in [0.2, 0.25) is 0 Å². The van der Waals surface area contributed by atoms with Crippen LogP contribution in [0.15, 0.2) is 0 Å². The molecule has 0 aromatic carbocycles.